The van der Waals surface area contributed by atoms with Crippen LogP contribution in [0.2, 0.25) is 5.02 Å². The van der Waals surface area contributed by atoms with E-state index < -0.39 is 0 Å². The molecule has 3 heteroatoms. The predicted molar refractivity (Wildman–Crippen MR) is 101 cm³/mol. The van der Waals surface area contributed by atoms with Crippen molar-refractivity contribution in [1.82, 2.24) is 0 Å². The normalized spacial score (nSPS) is 11.8. The summed E-state index contributed by atoms with van der Waals surface area (Å²) in [6.07, 6.45) is 3.51. The number of halogens is 2. The molecule has 0 N–H and O–H groups in total. The molecule has 0 heterocycles. The Bertz CT molecular complexity index is 700. The lowest BCUT2D eigenvalue weighted by Crippen LogP contribution is -2.08. The summed E-state index contributed by atoms with van der Waals surface area (Å²) in [5.74, 6) is 0.307. The summed E-state index contributed by atoms with van der Waals surface area (Å²) in [4.78, 5) is 12.7. The third-order valence-corrected chi connectivity index (χ3v) is 4.70. The van der Waals surface area contributed by atoms with Gasteiger partial charge in [0.25, 0.3) is 0 Å². The van der Waals surface area contributed by atoms with E-state index in [0.717, 1.165) is 22.0 Å². The van der Waals surface area contributed by atoms with Crippen molar-refractivity contribution in [2.24, 2.45) is 0 Å². The molecule has 0 amide bonds. The molecule has 2 rings (SSSR count). The highest BCUT2D eigenvalue weighted by Gasteiger charge is 2.18. The van der Waals surface area contributed by atoms with Gasteiger partial charge in [0.2, 0.25) is 0 Å². The van der Waals surface area contributed by atoms with Crippen molar-refractivity contribution >= 4 is 33.3 Å². The molecule has 2 aromatic rings. The van der Waals surface area contributed by atoms with Gasteiger partial charge in [-0.05, 0) is 49.9 Å². The summed E-state index contributed by atoms with van der Waals surface area (Å²) in [5, 5.41) is 0.715. The van der Waals surface area contributed by atoms with Crippen molar-refractivity contribution in [3.8, 4) is 0 Å². The lowest BCUT2D eigenvalue weighted by atomic mass is 9.88. The first-order valence-electron chi connectivity index (χ1n) is 7.64. The van der Waals surface area contributed by atoms with Gasteiger partial charge in [0.1, 0.15) is 0 Å². The van der Waals surface area contributed by atoms with E-state index >= 15 is 0 Å². The Hall–Kier alpha value is -1.38. The average Bonchev–Trinajstić information content (AvgIpc) is 2.52. The van der Waals surface area contributed by atoms with Gasteiger partial charge in [-0.1, -0.05) is 69.5 Å². The minimum Gasteiger partial charge on any atom is -0.294 e. The summed E-state index contributed by atoms with van der Waals surface area (Å²) in [7, 11) is 0. The fourth-order valence-corrected chi connectivity index (χ4v) is 3.10. The fraction of sp³-hybridized carbons (Fsp3) is 0.250. The lowest BCUT2D eigenvalue weighted by molar-refractivity contribution is 0.0973. The van der Waals surface area contributed by atoms with E-state index in [0.29, 0.717) is 11.4 Å². The average molecular weight is 392 g/mol. The SMILES string of the molecule is CC(C)=CCC(CC(=O)c1ccccc1Br)c1ccc(Cl)cc1. The van der Waals surface area contributed by atoms with E-state index in [2.05, 4.69) is 35.9 Å². The minimum atomic E-state index is 0.152. The number of benzene rings is 2. The van der Waals surface area contributed by atoms with E-state index in [1.807, 2.05) is 48.5 Å². The number of Topliss-reactive ketones (excluding diaryl/α,β-unsaturated/α-hetero) is 1. The topological polar surface area (TPSA) is 17.1 Å². The molecule has 2 aromatic carbocycles. The van der Waals surface area contributed by atoms with Crippen LogP contribution in [0.3, 0.4) is 0 Å². The quantitative estimate of drug-likeness (QED) is 0.390. The summed E-state index contributed by atoms with van der Waals surface area (Å²) in [6, 6.07) is 15.4. The van der Waals surface area contributed by atoms with E-state index in [9.17, 15) is 4.79 Å². The summed E-state index contributed by atoms with van der Waals surface area (Å²) in [5.41, 5.74) is 3.15. The zero-order valence-corrected chi connectivity index (χ0v) is 15.7. The summed E-state index contributed by atoms with van der Waals surface area (Å²) in [6.45, 7) is 4.16. The Morgan fingerprint density at radius 3 is 2.39 bits per heavy atom. The number of ketones is 1. The molecule has 0 bridgehead atoms. The van der Waals surface area contributed by atoms with Crippen molar-refractivity contribution in [1.29, 1.82) is 0 Å². The summed E-state index contributed by atoms with van der Waals surface area (Å²) >= 11 is 9.45. The van der Waals surface area contributed by atoms with Gasteiger partial charge >= 0.3 is 0 Å². The van der Waals surface area contributed by atoms with Gasteiger partial charge in [-0.2, -0.15) is 0 Å². The van der Waals surface area contributed by atoms with E-state index in [1.54, 1.807) is 0 Å². The highest BCUT2D eigenvalue weighted by atomic mass is 79.9. The predicted octanol–water partition coefficient (Wildman–Crippen LogP) is 6.82. The van der Waals surface area contributed by atoms with Crippen molar-refractivity contribution in [3.05, 3.63) is 80.8 Å². The van der Waals surface area contributed by atoms with Gasteiger partial charge in [0.15, 0.2) is 5.78 Å². The third-order valence-electron chi connectivity index (χ3n) is 3.76. The lowest BCUT2D eigenvalue weighted by Gasteiger charge is -2.16. The molecule has 23 heavy (non-hydrogen) atoms. The maximum atomic E-state index is 12.7. The van der Waals surface area contributed by atoms with E-state index in [-0.39, 0.29) is 11.7 Å². The Kier molecular flexibility index (Phi) is 6.61. The van der Waals surface area contributed by atoms with Crippen LogP contribution in [0, 0.1) is 0 Å². The highest BCUT2D eigenvalue weighted by Crippen LogP contribution is 2.29. The maximum Gasteiger partial charge on any atom is 0.164 e. The molecule has 0 aliphatic carbocycles. The first-order chi connectivity index (χ1) is 11.0. The Labute approximate surface area is 151 Å². The second kappa shape index (κ2) is 8.47. The smallest absolute Gasteiger partial charge is 0.164 e. The molecule has 0 saturated heterocycles. The van der Waals surface area contributed by atoms with Gasteiger partial charge in [0.05, 0.1) is 0 Å². The van der Waals surface area contributed by atoms with Crippen LogP contribution >= 0.6 is 27.5 Å². The number of allylic oxidation sites excluding steroid dienone is 2. The van der Waals surface area contributed by atoms with Crippen molar-refractivity contribution in [2.45, 2.75) is 32.6 Å². The second-order valence-electron chi connectivity index (χ2n) is 5.87. The van der Waals surface area contributed by atoms with Crippen molar-refractivity contribution in [3.63, 3.8) is 0 Å². The standard InChI is InChI=1S/C20H20BrClO/c1-14(2)7-8-16(15-9-11-17(22)12-10-15)13-20(23)18-5-3-4-6-19(18)21/h3-7,9-12,16H,8,13H2,1-2H3. The van der Waals surface area contributed by atoms with E-state index in [4.69, 9.17) is 11.6 Å². The van der Waals surface area contributed by atoms with Crippen LogP contribution < -0.4 is 0 Å². The van der Waals surface area contributed by atoms with Gasteiger partial charge < -0.3 is 0 Å². The molecular formula is C20H20BrClO. The first kappa shape index (κ1) is 18.0. The van der Waals surface area contributed by atoms with Crippen LogP contribution in [0.1, 0.15) is 48.5 Å². The van der Waals surface area contributed by atoms with Gasteiger partial charge in [-0.3, -0.25) is 4.79 Å². The van der Waals surface area contributed by atoms with Crippen LogP contribution in [-0.4, -0.2) is 5.78 Å². The van der Waals surface area contributed by atoms with Gasteiger partial charge in [0, 0.05) is 21.5 Å². The molecule has 0 saturated carbocycles. The number of hydrogen-bond donors (Lipinski definition) is 0. The fourth-order valence-electron chi connectivity index (χ4n) is 2.47. The van der Waals surface area contributed by atoms with Gasteiger partial charge in [-0.25, -0.2) is 0 Å². The largest absolute Gasteiger partial charge is 0.294 e. The number of carbonyl (C=O) groups excluding carboxylic acids is 1. The molecule has 0 aliphatic rings. The Morgan fingerprint density at radius 2 is 1.78 bits per heavy atom. The van der Waals surface area contributed by atoms with Crippen LogP contribution in [0.15, 0.2) is 64.7 Å². The zero-order valence-electron chi connectivity index (χ0n) is 13.4. The third kappa shape index (κ3) is 5.33. The van der Waals surface area contributed by atoms with Crippen molar-refractivity contribution < 1.29 is 4.79 Å². The van der Waals surface area contributed by atoms with Gasteiger partial charge in [-0.15, -0.1) is 0 Å². The first-order valence-corrected chi connectivity index (χ1v) is 8.81. The van der Waals surface area contributed by atoms with Crippen molar-refractivity contribution in [2.75, 3.05) is 0 Å². The monoisotopic (exact) mass is 390 g/mol. The minimum absolute atomic E-state index is 0.152. The molecule has 0 fully saturated rings. The van der Waals surface area contributed by atoms with Crippen LogP contribution in [-0.2, 0) is 0 Å². The second-order valence-corrected chi connectivity index (χ2v) is 7.16. The van der Waals surface area contributed by atoms with Crippen LogP contribution in [0.4, 0.5) is 0 Å². The molecule has 120 valence electrons. The molecule has 1 unspecified atom stereocenters. The molecule has 0 spiro atoms. The summed E-state index contributed by atoms with van der Waals surface area (Å²) < 4.78 is 0.849. The molecular weight excluding hydrogens is 372 g/mol. The number of carbonyl (C=O) groups is 1. The van der Waals surface area contributed by atoms with E-state index in [1.165, 1.54) is 5.57 Å². The Morgan fingerprint density at radius 1 is 1.13 bits per heavy atom. The Balaban J connectivity index is 2.23. The molecule has 0 aromatic heterocycles. The van der Waals surface area contributed by atoms with Crippen LogP contribution in [0.5, 0.6) is 0 Å². The zero-order chi connectivity index (χ0) is 16.8. The molecule has 1 nitrogen and oxygen atoms in total. The molecule has 0 radical (unpaired) electrons. The number of rotatable bonds is 6. The molecule has 0 aliphatic heterocycles. The maximum absolute atomic E-state index is 12.7. The molecule has 1 atom stereocenters. The number of hydrogen-bond acceptors (Lipinski definition) is 1. The van der Waals surface area contributed by atoms with Crippen LogP contribution in [0.25, 0.3) is 0 Å². The highest BCUT2D eigenvalue weighted by molar-refractivity contribution is 9.10.